The number of carbonyl (C=O) groups is 1. The fourth-order valence-electron chi connectivity index (χ4n) is 5.79. The Balaban J connectivity index is 1.25. The number of benzene rings is 3. The Morgan fingerprint density at radius 2 is 1.54 bits per heavy atom. The van der Waals surface area contributed by atoms with Gasteiger partial charge in [-0.3, -0.25) is 9.69 Å². The van der Waals surface area contributed by atoms with Gasteiger partial charge in [-0.05, 0) is 58.9 Å². The standard InChI is InChI=1S/C37H43F3N4O3S/c1-36(2,3)28-12-9-27(10-13-28)23-42(16-15-26-11-14-32(46-4)33(21-26)47-5)24-34-41-31(25-48-34)35(45)44-19-17-43(18-20-44)30-8-6-7-29(22-30)37(38,39)40/h6-14,21-22,25H,15-20,23-24H2,1-5H3. The minimum absolute atomic E-state index is 0.0697. The Hall–Kier alpha value is -4.09. The van der Waals surface area contributed by atoms with E-state index in [4.69, 9.17) is 14.5 Å². The van der Waals surface area contributed by atoms with Gasteiger partial charge < -0.3 is 19.3 Å². The fraction of sp³-hybridized carbons (Fsp3) is 0.405. The quantitative estimate of drug-likeness (QED) is 0.162. The van der Waals surface area contributed by atoms with Gasteiger partial charge in [0, 0.05) is 50.3 Å². The first-order chi connectivity index (χ1) is 22.8. The van der Waals surface area contributed by atoms with Crippen molar-refractivity contribution in [3.8, 4) is 11.5 Å². The van der Waals surface area contributed by atoms with Gasteiger partial charge in [-0.15, -0.1) is 11.3 Å². The topological polar surface area (TPSA) is 58.1 Å². The number of anilines is 1. The SMILES string of the molecule is COc1ccc(CCN(Cc2ccc(C(C)(C)C)cc2)Cc2nc(C(=O)N3CCN(c4cccc(C(F)(F)F)c4)CC3)cs2)cc1OC. The van der Waals surface area contributed by atoms with E-state index >= 15 is 0 Å². The molecule has 48 heavy (non-hydrogen) atoms. The number of nitrogens with zero attached hydrogens (tertiary/aromatic N) is 4. The molecule has 0 spiro atoms. The molecule has 1 aromatic heterocycles. The van der Waals surface area contributed by atoms with Gasteiger partial charge in [0.05, 0.1) is 26.3 Å². The lowest BCUT2D eigenvalue weighted by molar-refractivity contribution is -0.137. The average molecular weight is 681 g/mol. The highest BCUT2D eigenvalue weighted by Gasteiger charge is 2.31. The lowest BCUT2D eigenvalue weighted by atomic mass is 9.87. The van der Waals surface area contributed by atoms with Crippen molar-refractivity contribution in [2.45, 2.75) is 51.9 Å². The summed E-state index contributed by atoms with van der Waals surface area (Å²) in [5, 5.41) is 2.65. The van der Waals surface area contributed by atoms with Crippen LogP contribution in [0.4, 0.5) is 18.9 Å². The number of ether oxygens (including phenoxy) is 2. The van der Waals surface area contributed by atoms with Crippen molar-refractivity contribution in [1.29, 1.82) is 0 Å². The Bertz CT molecular complexity index is 1680. The van der Waals surface area contributed by atoms with Crippen LogP contribution in [0.25, 0.3) is 0 Å². The number of piperazine rings is 1. The molecule has 1 aliphatic rings. The summed E-state index contributed by atoms with van der Waals surface area (Å²) in [7, 11) is 3.25. The molecule has 0 radical (unpaired) electrons. The normalized spacial score (nSPS) is 14.0. The third-order valence-electron chi connectivity index (χ3n) is 8.63. The zero-order chi connectivity index (χ0) is 34.5. The number of aromatic nitrogens is 1. The third kappa shape index (κ3) is 8.87. The molecule has 1 amide bonds. The molecule has 0 N–H and O–H groups in total. The molecular weight excluding hydrogens is 637 g/mol. The molecule has 1 fully saturated rings. The van der Waals surface area contributed by atoms with Crippen molar-refractivity contribution in [3.05, 3.63) is 105 Å². The summed E-state index contributed by atoms with van der Waals surface area (Å²) in [6.45, 7) is 10.4. The molecule has 0 aliphatic carbocycles. The molecule has 0 atom stereocenters. The molecule has 0 bridgehead atoms. The van der Waals surface area contributed by atoms with Gasteiger partial charge in [-0.1, -0.05) is 57.2 Å². The molecule has 0 saturated carbocycles. The van der Waals surface area contributed by atoms with Crippen molar-refractivity contribution < 1.29 is 27.4 Å². The Morgan fingerprint density at radius 1 is 0.854 bits per heavy atom. The van der Waals surface area contributed by atoms with E-state index in [1.807, 2.05) is 28.5 Å². The maximum absolute atomic E-state index is 13.4. The second kappa shape index (κ2) is 15.0. The summed E-state index contributed by atoms with van der Waals surface area (Å²) in [6, 6.07) is 20.0. The van der Waals surface area contributed by atoms with E-state index in [2.05, 4.69) is 49.9 Å². The van der Waals surface area contributed by atoms with Gasteiger partial charge >= 0.3 is 6.18 Å². The number of carbonyl (C=O) groups excluding carboxylic acids is 1. The van der Waals surface area contributed by atoms with Crippen LogP contribution in [0.1, 0.15) is 58.5 Å². The summed E-state index contributed by atoms with van der Waals surface area (Å²) in [5.41, 5.74) is 3.91. The molecule has 5 rings (SSSR count). The van der Waals surface area contributed by atoms with Gasteiger partial charge in [0.15, 0.2) is 11.5 Å². The van der Waals surface area contributed by atoms with Crippen LogP contribution in [0.2, 0.25) is 0 Å². The molecule has 1 saturated heterocycles. The number of thiazole rings is 1. The summed E-state index contributed by atoms with van der Waals surface area (Å²) in [6.07, 6.45) is -3.61. The highest BCUT2D eigenvalue weighted by molar-refractivity contribution is 7.09. The van der Waals surface area contributed by atoms with Gasteiger partial charge in [0.25, 0.3) is 5.91 Å². The van der Waals surface area contributed by atoms with Crippen LogP contribution in [0.15, 0.2) is 72.1 Å². The van der Waals surface area contributed by atoms with Crippen LogP contribution in [-0.4, -0.2) is 67.6 Å². The average Bonchev–Trinajstić information content (AvgIpc) is 3.54. The first-order valence-electron chi connectivity index (χ1n) is 16.0. The maximum Gasteiger partial charge on any atom is 0.416 e. The minimum atomic E-state index is -4.40. The van der Waals surface area contributed by atoms with E-state index < -0.39 is 11.7 Å². The van der Waals surface area contributed by atoms with E-state index in [1.54, 1.807) is 25.2 Å². The van der Waals surface area contributed by atoms with Crippen LogP contribution >= 0.6 is 11.3 Å². The van der Waals surface area contributed by atoms with Crippen molar-refractivity contribution in [2.24, 2.45) is 0 Å². The van der Waals surface area contributed by atoms with Crippen LogP contribution in [-0.2, 0) is 31.1 Å². The van der Waals surface area contributed by atoms with Gasteiger partial charge in [0.1, 0.15) is 10.7 Å². The van der Waals surface area contributed by atoms with E-state index in [0.29, 0.717) is 55.6 Å². The van der Waals surface area contributed by atoms with Crippen LogP contribution in [0.3, 0.4) is 0 Å². The van der Waals surface area contributed by atoms with Gasteiger partial charge in [-0.25, -0.2) is 4.98 Å². The zero-order valence-electron chi connectivity index (χ0n) is 28.1. The van der Waals surface area contributed by atoms with E-state index in [1.165, 1.54) is 34.6 Å². The highest BCUT2D eigenvalue weighted by Crippen LogP contribution is 2.32. The summed E-state index contributed by atoms with van der Waals surface area (Å²) < 4.78 is 50.6. The number of hydrogen-bond acceptors (Lipinski definition) is 7. The number of methoxy groups -OCH3 is 2. The lowest BCUT2D eigenvalue weighted by Gasteiger charge is -2.36. The first-order valence-corrected chi connectivity index (χ1v) is 16.9. The predicted octanol–water partition coefficient (Wildman–Crippen LogP) is 7.68. The largest absolute Gasteiger partial charge is 0.493 e. The van der Waals surface area contributed by atoms with Crippen molar-refractivity contribution in [1.82, 2.24) is 14.8 Å². The molecule has 0 unspecified atom stereocenters. The lowest BCUT2D eigenvalue weighted by Crippen LogP contribution is -2.49. The predicted molar refractivity (Wildman–Crippen MR) is 184 cm³/mol. The third-order valence-corrected chi connectivity index (χ3v) is 9.46. The van der Waals surface area contributed by atoms with Gasteiger partial charge in [-0.2, -0.15) is 13.2 Å². The number of halogens is 3. The fourth-order valence-corrected chi connectivity index (χ4v) is 6.60. The number of hydrogen-bond donors (Lipinski definition) is 0. The molecule has 7 nitrogen and oxygen atoms in total. The maximum atomic E-state index is 13.4. The first kappa shape index (κ1) is 35.2. The van der Waals surface area contributed by atoms with E-state index in [-0.39, 0.29) is 11.3 Å². The summed E-state index contributed by atoms with van der Waals surface area (Å²) >= 11 is 1.47. The summed E-state index contributed by atoms with van der Waals surface area (Å²) in [4.78, 5) is 24.1. The summed E-state index contributed by atoms with van der Waals surface area (Å²) in [5.74, 6) is 1.22. The van der Waals surface area contributed by atoms with Gasteiger partial charge in [0.2, 0.25) is 0 Å². The van der Waals surface area contributed by atoms with Crippen molar-refractivity contribution in [2.75, 3.05) is 51.8 Å². The number of amides is 1. The smallest absolute Gasteiger partial charge is 0.416 e. The number of alkyl halides is 3. The van der Waals surface area contributed by atoms with Crippen LogP contribution in [0.5, 0.6) is 11.5 Å². The van der Waals surface area contributed by atoms with Crippen LogP contribution in [0, 0.1) is 0 Å². The molecule has 256 valence electrons. The second-order valence-electron chi connectivity index (χ2n) is 13.1. The second-order valence-corrected chi connectivity index (χ2v) is 14.0. The van der Waals surface area contributed by atoms with Crippen molar-refractivity contribution in [3.63, 3.8) is 0 Å². The highest BCUT2D eigenvalue weighted by atomic mass is 32.1. The van der Waals surface area contributed by atoms with Crippen LogP contribution < -0.4 is 14.4 Å². The van der Waals surface area contributed by atoms with E-state index in [0.717, 1.165) is 36.1 Å². The molecule has 4 aromatic rings. The van der Waals surface area contributed by atoms with Crippen molar-refractivity contribution >= 4 is 22.9 Å². The Labute approximate surface area is 284 Å². The number of rotatable bonds is 11. The molecule has 3 aromatic carbocycles. The monoisotopic (exact) mass is 680 g/mol. The molecule has 11 heteroatoms. The molecular formula is C37H43F3N4O3S. The minimum Gasteiger partial charge on any atom is -0.493 e. The Kier molecular flexibility index (Phi) is 11.0. The van der Waals surface area contributed by atoms with E-state index in [9.17, 15) is 18.0 Å². The molecule has 1 aliphatic heterocycles. The Morgan fingerprint density at radius 3 is 2.19 bits per heavy atom. The molecule has 2 heterocycles. The zero-order valence-corrected chi connectivity index (χ0v) is 29.0.